The minimum atomic E-state index is -0.566. The van der Waals surface area contributed by atoms with E-state index < -0.39 is 17.6 Å². The number of rotatable bonds is 4. The molecule has 0 saturated heterocycles. The maximum atomic E-state index is 11.7. The number of carbonyl (C=O) groups is 2. The van der Waals surface area contributed by atoms with Crippen molar-refractivity contribution in [1.82, 2.24) is 4.90 Å². The van der Waals surface area contributed by atoms with Crippen molar-refractivity contribution < 1.29 is 14.3 Å². The first-order valence-corrected chi connectivity index (χ1v) is 5.38. The van der Waals surface area contributed by atoms with Gasteiger partial charge in [0.2, 0.25) is 5.91 Å². The van der Waals surface area contributed by atoms with Gasteiger partial charge in [0.05, 0.1) is 0 Å². The average Bonchev–Trinajstić information content (AvgIpc) is 1.97. The SMILES string of the molecule is CC(C)CN(CC(N)=O)C(=O)OC(C)(C)C. The molecule has 0 aromatic carbocycles. The fourth-order valence-electron chi connectivity index (χ4n) is 1.16. The molecule has 16 heavy (non-hydrogen) atoms. The van der Waals surface area contributed by atoms with Crippen LogP contribution >= 0.6 is 0 Å². The highest BCUT2D eigenvalue weighted by molar-refractivity contribution is 5.80. The largest absolute Gasteiger partial charge is 0.444 e. The molecule has 2 amide bonds. The summed E-state index contributed by atoms with van der Waals surface area (Å²) < 4.78 is 5.18. The Kier molecular flexibility index (Phi) is 5.27. The number of carbonyl (C=O) groups excluding carboxylic acids is 2. The predicted octanol–water partition coefficient (Wildman–Crippen LogP) is 1.36. The van der Waals surface area contributed by atoms with E-state index in [9.17, 15) is 9.59 Å². The molecule has 0 aliphatic carbocycles. The number of nitrogens with two attached hydrogens (primary N) is 1. The van der Waals surface area contributed by atoms with Crippen LogP contribution in [-0.4, -0.2) is 35.6 Å². The lowest BCUT2D eigenvalue weighted by atomic mass is 10.2. The summed E-state index contributed by atoms with van der Waals surface area (Å²) in [6.45, 7) is 9.61. The summed E-state index contributed by atoms with van der Waals surface area (Å²) in [5.74, 6) is -0.279. The maximum absolute atomic E-state index is 11.7. The van der Waals surface area contributed by atoms with Gasteiger partial charge in [0.15, 0.2) is 0 Å². The van der Waals surface area contributed by atoms with E-state index in [0.29, 0.717) is 6.54 Å². The van der Waals surface area contributed by atoms with Gasteiger partial charge in [-0.1, -0.05) is 13.8 Å². The monoisotopic (exact) mass is 230 g/mol. The van der Waals surface area contributed by atoms with E-state index in [1.807, 2.05) is 13.8 Å². The fourth-order valence-corrected chi connectivity index (χ4v) is 1.16. The van der Waals surface area contributed by atoms with Gasteiger partial charge >= 0.3 is 6.09 Å². The molecule has 0 aliphatic rings. The van der Waals surface area contributed by atoms with Crippen LogP contribution in [0.2, 0.25) is 0 Å². The summed E-state index contributed by atoms with van der Waals surface area (Å²) in [6.07, 6.45) is -0.500. The lowest BCUT2D eigenvalue weighted by molar-refractivity contribution is -0.119. The van der Waals surface area contributed by atoms with Crippen molar-refractivity contribution in [2.45, 2.75) is 40.2 Å². The van der Waals surface area contributed by atoms with Crippen LogP contribution in [0.1, 0.15) is 34.6 Å². The number of hydrogen-bond donors (Lipinski definition) is 1. The molecule has 0 rings (SSSR count). The summed E-state index contributed by atoms with van der Waals surface area (Å²) in [5.41, 5.74) is 4.52. The van der Waals surface area contributed by atoms with Gasteiger partial charge < -0.3 is 10.5 Å². The first kappa shape index (κ1) is 14.7. The molecule has 0 unspecified atom stereocenters. The fraction of sp³-hybridized carbons (Fsp3) is 0.818. The van der Waals surface area contributed by atoms with E-state index in [0.717, 1.165) is 0 Å². The molecule has 0 atom stereocenters. The minimum Gasteiger partial charge on any atom is -0.444 e. The Balaban J connectivity index is 4.49. The van der Waals surface area contributed by atoms with Crippen LogP contribution in [0.5, 0.6) is 0 Å². The zero-order valence-electron chi connectivity index (χ0n) is 10.7. The second kappa shape index (κ2) is 5.72. The number of hydrogen-bond acceptors (Lipinski definition) is 3. The molecule has 5 heteroatoms. The highest BCUT2D eigenvalue weighted by Gasteiger charge is 2.23. The molecule has 0 aliphatic heterocycles. The van der Waals surface area contributed by atoms with Gasteiger partial charge in [0.1, 0.15) is 12.1 Å². The molecule has 5 nitrogen and oxygen atoms in total. The van der Waals surface area contributed by atoms with Crippen LogP contribution in [0.3, 0.4) is 0 Å². The van der Waals surface area contributed by atoms with E-state index in [-0.39, 0.29) is 12.5 Å². The van der Waals surface area contributed by atoms with Crippen molar-refractivity contribution in [1.29, 1.82) is 0 Å². The van der Waals surface area contributed by atoms with Crippen LogP contribution in [0.15, 0.2) is 0 Å². The van der Waals surface area contributed by atoms with E-state index in [1.54, 1.807) is 20.8 Å². The van der Waals surface area contributed by atoms with Gasteiger partial charge in [-0.05, 0) is 26.7 Å². The van der Waals surface area contributed by atoms with E-state index in [2.05, 4.69) is 0 Å². The van der Waals surface area contributed by atoms with Crippen LogP contribution in [0.25, 0.3) is 0 Å². The highest BCUT2D eigenvalue weighted by Crippen LogP contribution is 2.11. The van der Waals surface area contributed by atoms with E-state index >= 15 is 0 Å². The number of nitrogens with zero attached hydrogens (tertiary/aromatic N) is 1. The smallest absolute Gasteiger partial charge is 0.410 e. The molecule has 0 bridgehead atoms. The molecule has 2 N–H and O–H groups in total. The summed E-state index contributed by atoms with van der Waals surface area (Å²) >= 11 is 0. The molecule has 94 valence electrons. The van der Waals surface area contributed by atoms with E-state index in [1.165, 1.54) is 4.90 Å². The highest BCUT2D eigenvalue weighted by atomic mass is 16.6. The Labute approximate surface area is 96.9 Å². The van der Waals surface area contributed by atoms with Crippen molar-refractivity contribution in [3.63, 3.8) is 0 Å². The summed E-state index contributed by atoms with van der Waals surface area (Å²) in [5, 5.41) is 0. The van der Waals surface area contributed by atoms with Crippen molar-refractivity contribution >= 4 is 12.0 Å². The number of primary amides is 1. The zero-order valence-corrected chi connectivity index (χ0v) is 10.7. The van der Waals surface area contributed by atoms with Crippen molar-refractivity contribution in [3.8, 4) is 0 Å². The number of amides is 2. The molecule has 0 aromatic rings. The van der Waals surface area contributed by atoms with Gasteiger partial charge in [0, 0.05) is 6.54 Å². The Morgan fingerprint density at radius 2 is 1.81 bits per heavy atom. The van der Waals surface area contributed by atoms with Gasteiger partial charge in [0.25, 0.3) is 0 Å². The second-order valence-electron chi connectivity index (χ2n) is 5.22. The van der Waals surface area contributed by atoms with Crippen LogP contribution < -0.4 is 5.73 Å². The van der Waals surface area contributed by atoms with Gasteiger partial charge in [-0.15, -0.1) is 0 Å². The quantitative estimate of drug-likeness (QED) is 0.792. The molecular weight excluding hydrogens is 208 g/mol. The van der Waals surface area contributed by atoms with Crippen LogP contribution in [0.4, 0.5) is 4.79 Å². The van der Waals surface area contributed by atoms with E-state index in [4.69, 9.17) is 10.5 Å². The van der Waals surface area contributed by atoms with Gasteiger partial charge in [-0.25, -0.2) is 4.79 Å². The van der Waals surface area contributed by atoms with Crippen molar-refractivity contribution in [2.75, 3.05) is 13.1 Å². The Morgan fingerprint density at radius 1 is 1.31 bits per heavy atom. The Morgan fingerprint density at radius 3 is 2.12 bits per heavy atom. The zero-order chi connectivity index (χ0) is 12.9. The van der Waals surface area contributed by atoms with Crippen LogP contribution in [-0.2, 0) is 9.53 Å². The first-order chi connectivity index (χ1) is 7.11. The minimum absolute atomic E-state index is 0.104. The molecule has 0 spiro atoms. The molecule has 0 fully saturated rings. The molecule has 0 saturated carbocycles. The predicted molar refractivity (Wildman–Crippen MR) is 61.8 cm³/mol. The maximum Gasteiger partial charge on any atom is 0.410 e. The molecule has 0 heterocycles. The summed E-state index contributed by atoms with van der Waals surface area (Å²) in [7, 11) is 0. The molecule has 0 radical (unpaired) electrons. The topological polar surface area (TPSA) is 72.6 Å². The third kappa shape index (κ3) is 7.09. The lowest BCUT2D eigenvalue weighted by Gasteiger charge is -2.27. The average molecular weight is 230 g/mol. The third-order valence-electron chi connectivity index (χ3n) is 1.58. The van der Waals surface area contributed by atoms with Crippen LogP contribution in [0, 0.1) is 5.92 Å². The van der Waals surface area contributed by atoms with Crippen molar-refractivity contribution in [2.24, 2.45) is 11.7 Å². The van der Waals surface area contributed by atoms with Gasteiger partial charge in [-0.2, -0.15) is 0 Å². The third-order valence-corrected chi connectivity index (χ3v) is 1.58. The summed E-state index contributed by atoms with van der Waals surface area (Å²) in [6, 6.07) is 0. The van der Waals surface area contributed by atoms with Gasteiger partial charge in [-0.3, -0.25) is 9.69 Å². The number of ether oxygens (including phenoxy) is 1. The molecular formula is C11H22N2O3. The normalized spacial score (nSPS) is 11.4. The van der Waals surface area contributed by atoms with Crippen molar-refractivity contribution in [3.05, 3.63) is 0 Å². The Hall–Kier alpha value is -1.26. The lowest BCUT2D eigenvalue weighted by Crippen LogP contribution is -2.43. The molecule has 0 aromatic heterocycles. The second-order valence-corrected chi connectivity index (χ2v) is 5.22. The standard InChI is InChI=1S/C11H22N2O3/c1-8(2)6-13(7-9(12)14)10(15)16-11(3,4)5/h8H,6-7H2,1-5H3,(H2,12,14). The first-order valence-electron chi connectivity index (χ1n) is 5.38. The Bertz CT molecular complexity index is 256. The summed E-state index contributed by atoms with van der Waals surface area (Å²) in [4.78, 5) is 23.9.